The molecule has 1 aliphatic rings. The number of benzene rings is 4. The number of rotatable bonds is 12. The summed E-state index contributed by atoms with van der Waals surface area (Å²) < 4.78 is 20.6. The summed E-state index contributed by atoms with van der Waals surface area (Å²) in [5.74, 6) is 0.183. The van der Waals surface area contributed by atoms with Gasteiger partial charge in [0.2, 0.25) is 0 Å². The third-order valence-electron chi connectivity index (χ3n) is 8.90. The van der Waals surface area contributed by atoms with Crippen LogP contribution in [0.15, 0.2) is 97.1 Å². The van der Waals surface area contributed by atoms with E-state index in [4.69, 9.17) is 19.9 Å². The van der Waals surface area contributed by atoms with Crippen LogP contribution in [0.2, 0.25) is 0 Å². The Balaban J connectivity index is 1.48. The summed E-state index contributed by atoms with van der Waals surface area (Å²) in [6, 6.07) is 34.3. The smallest absolute Gasteiger partial charge is 0.115 e. The summed E-state index contributed by atoms with van der Waals surface area (Å²) in [5, 5.41) is 0. The van der Waals surface area contributed by atoms with E-state index < -0.39 is 0 Å². The van der Waals surface area contributed by atoms with Gasteiger partial charge < -0.3 is 19.9 Å². The second kappa shape index (κ2) is 14.9. The van der Waals surface area contributed by atoms with Crippen LogP contribution < -0.4 is 5.73 Å². The average Bonchev–Trinajstić information content (AvgIpc) is 3.03. The number of ether oxygens (including phenoxy) is 3. The standard InChI is InChI=1S/C39H47NO3/c1-5-36-29(4)37(41-25-32-12-8-6-9-13-32)39(42-26-33-14-10-7-11-15-33)38(43-36)35-24-34(27(2)22-28(35)3)23-31-18-16-30(17-19-31)20-21-40/h6-19,22,24,29,36-39H,5,20-21,23,25-26,40H2,1-4H3/t29-,36-,37+,38+,39-/m1/s1. The van der Waals surface area contributed by atoms with Gasteiger partial charge in [0, 0.05) is 5.92 Å². The van der Waals surface area contributed by atoms with Crippen molar-refractivity contribution in [2.24, 2.45) is 11.7 Å². The van der Waals surface area contributed by atoms with E-state index >= 15 is 0 Å². The number of nitrogens with two attached hydrogens (primary N) is 1. The fourth-order valence-electron chi connectivity index (χ4n) is 6.38. The SMILES string of the molecule is CC[C@H]1O[C@@H](c2cc(Cc3ccc(CCN)cc3)c(C)cc2C)[C@H](OCc2ccccc2)[C@@H](OCc2ccccc2)[C@@H]1C. The summed E-state index contributed by atoms with van der Waals surface area (Å²) in [6.45, 7) is 10.6. The van der Waals surface area contributed by atoms with Crippen molar-refractivity contribution < 1.29 is 14.2 Å². The molecule has 5 atom stereocenters. The molecule has 226 valence electrons. The zero-order chi connectivity index (χ0) is 30.2. The molecule has 5 rings (SSSR count). The first kappa shape index (κ1) is 31.2. The normalized spacial score (nSPS) is 22.0. The zero-order valence-corrected chi connectivity index (χ0v) is 26.2. The summed E-state index contributed by atoms with van der Waals surface area (Å²) in [5.41, 5.74) is 15.7. The van der Waals surface area contributed by atoms with Crippen LogP contribution in [0.25, 0.3) is 0 Å². The summed E-state index contributed by atoms with van der Waals surface area (Å²) >= 11 is 0. The molecule has 4 aromatic carbocycles. The molecule has 1 fully saturated rings. The van der Waals surface area contributed by atoms with E-state index in [1.165, 1.54) is 38.9 Å². The molecule has 0 aromatic heterocycles. The highest BCUT2D eigenvalue weighted by Gasteiger charge is 2.45. The van der Waals surface area contributed by atoms with Crippen LogP contribution in [0.4, 0.5) is 0 Å². The van der Waals surface area contributed by atoms with Crippen LogP contribution in [0.5, 0.6) is 0 Å². The number of hydrogen-bond donors (Lipinski definition) is 1. The van der Waals surface area contributed by atoms with Gasteiger partial charge in [-0.25, -0.2) is 0 Å². The van der Waals surface area contributed by atoms with Gasteiger partial charge in [-0.2, -0.15) is 0 Å². The lowest BCUT2D eigenvalue weighted by molar-refractivity contribution is -0.235. The molecule has 0 unspecified atom stereocenters. The van der Waals surface area contributed by atoms with Crippen molar-refractivity contribution in [3.05, 3.63) is 142 Å². The molecule has 4 aromatic rings. The van der Waals surface area contributed by atoms with Gasteiger partial charge in [-0.1, -0.05) is 111 Å². The lowest BCUT2D eigenvalue weighted by Crippen LogP contribution is -2.52. The number of hydrogen-bond acceptors (Lipinski definition) is 4. The van der Waals surface area contributed by atoms with Crippen LogP contribution in [0.1, 0.15) is 70.9 Å². The highest BCUT2D eigenvalue weighted by molar-refractivity contribution is 5.42. The first-order chi connectivity index (χ1) is 21.0. The maximum atomic E-state index is 6.97. The minimum atomic E-state index is -0.258. The van der Waals surface area contributed by atoms with Gasteiger partial charge in [0.25, 0.3) is 0 Å². The maximum Gasteiger partial charge on any atom is 0.115 e. The fraction of sp³-hybridized carbons (Fsp3) is 0.385. The third-order valence-corrected chi connectivity index (χ3v) is 8.90. The molecule has 4 heteroatoms. The van der Waals surface area contributed by atoms with E-state index in [2.05, 4.69) is 113 Å². The number of aryl methyl sites for hydroxylation is 2. The second-order valence-corrected chi connectivity index (χ2v) is 12.1. The molecule has 0 bridgehead atoms. The van der Waals surface area contributed by atoms with Crippen LogP contribution in [-0.4, -0.2) is 24.9 Å². The molecule has 4 nitrogen and oxygen atoms in total. The molecule has 0 amide bonds. The predicted molar refractivity (Wildman–Crippen MR) is 175 cm³/mol. The van der Waals surface area contributed by atoms with Crippen LogP contribution in [0.3, 0.4) is 0 Å². The summed E-state index contributed by atoms with van der Waals surface area (Å²) in [6.07, 6.45) is 2.14. The summed E-state index contributed by atoms with van der Waals surface area (Å²) in [7, 11) is 0. The van der Waals surface area contributed by atoms with E-state index in [1.54, 1.807) is 0 Å². The Morgan fingerprint density at radius 2 is 1.28 bits per heavy atom. The minimum Gasteiger partial charge on any atom is -0.370 e. The topological polar surface area (TPSA) is 53.7 Å². The van der Waals surface area contributed by atoms with Gasteiger partial charge in [0.1, 0.15) is 12.2 Å². The van der Waals surface area contributed by atoms with Crippen molar-refractivity contribution in [3.8, 4) is 0 Å². The van der Waals surface area contributed by atoms with Gasteiger partial charge >= 0.3 is 0 Å². The van der Waals surface area contributed by atoms with E-state index in [0.29, 0.717) is 19.8 Å². The Morgan fingerprint density at radius 1 is 0.698 bits per heavy atom. The quantitative estimate of drug-likeness (QED) is 0.185. The Bertz CT molecular complexity index is 1420. The van der Waals surface area contributed by atoms with Crippen LogP contribution >= 0.6 is 0 Å². The lowest BCUT2D eigenvalue weighted by Gasteiger charge is -2.46. The Morgan fingerprint density at radius 3 is 1.86 bits per heavy atom. The maximum absolute atomic E-state index is 6.97. The zero-order valence-electron chi connectivity index (χ0n) is 26.2. The molecule has 1 aliphatic heterocycles. The molecular formula is C39H47NO3. The lowest BCUT2D eigenvalue weighted by atomic mass is 9.82. The Hall–Kier alpha value is -3.28. The van der Waals surface area contributed by atoms with Gasteiger partial charge in [0.05, 0.1) is 25.4 Å². The van der Waals surface area contributed by atoms with Gasteiger partial charge in [-0.3, -0.25) is 0 Å². The largest absolute Gasteiger partial charge is 0.370 e. The Kier molecular flexibility index (Phi) is 10.8. The van der Waals surface area contributed by atoms with Crippen LogP contribution in [0, 0.1) is 19.8 Å². The van der Waals surface area contributed by atoms with Crippen molar-refractivity contribution in [1.29, 1.82) is 0 Å². The van der Waals surface area contributed by atoms with E-state index in [9.17, 15) is 0 Å². The average molecular weight is 578 g/mol. The van der Waals surface area contributed by atoms with E-state index in [0.717, 1.165) is 24.8 Å². The molecule has 1 heterocycles. The minimum absolute atomic E-state index is 0.0709. The van der Waals surface area contributed by atoms with Gasteiger partial charge in [-0.05, 0) is 84.2 Å². The van der Waals surface area contributed by atoms with Gasteiger partial charge in [0.15, 0.2) is 0 Å². The Labute approximate surface area is 258 Å². The molecule has 0 radical (unpaired) electrons. The molecule has 1 saturated heterocycles. The van der Waals surface area contributed by atoms with Crippen molar-refractivity contribution in [3.63, 3.8) is 0 Å². The van der Waals surface area contributed by atoms with Gasteiger partial charge in [-0.15, -0.1) is 0 Å². The monoisotopic (exact) mass is 577 g/mol. The van der Waals surface area contributed by atoms with E-state index in [-0.39, 0.29) is 30.3 Å². The van der Waals surface area contributed by atoms with Crippen LogP contribution in [-0.2, 0) is 40.3 Å². The molecule has 0 saturated carbocycles. The first-order valence-corrected chi connectivity index (χ1v) is 15.8. The van der Waals surface area contributed by atoms with Crippen molar-refractivity contribution in [2.75, 3.05) is 6.54 Å². The first-order valence-electron chi connectivity index (χ1n) is 15.8. The molecule has 43 heavy (non-hydrogen) atoms. The van der Waals surface area contributed by atoms with Crippen molar-refractivity contribution in [1.82, 2.24) is 0 Å². The molecular weight excluding hydrogens is 530 g/mol. The second-order valence-electron chi connectivity index (χ2n) is 12.1. The van der Waals surface area contributed by atoms with Crippen molar-refractivity contribution in [2.45, 2.75) is 84.6 Å². The predicted octanol–water partition coefficient (Wildman–Crippen LogP) is 8.05. The highest BCUT2D eigenvalue weighted by atomic mass is 16.6. The molecule has 0 spiro atoms. The van der Waals surface area contributed by atoms with Crippen molar-refractivity contribution >= 4 is 0 Å². The fourth-order valence-corrected chi connectivity index (χ4v) is 6.38. The molecule has 0 aliphatic carbocycles. The third kappa shape index (κ3) is 7.82. The van der Waals surface area contributed by atoms with E-state index in [1.807, 2.05) is 12.1 Å². The molecule has 2 N–H and O–H groups in total. The summed E-state index contributed by atoms with van der Waals surface area (Å²) in [4.78, 5) is 0. The highest BCUT2D eigenvalue weighted by Crippen LogP contribution is 2.42.